The Labute approximate surface area is 88.2 Å². The van der Waals surface area contributed by atoms with E-state index >= 15 is 0 Å². The number of carbonyl (C=O) groups excluding carboxylic acids is 1. The van der Waals surface area contributed by atoms with Crippen molar-refractivity contribution >= 4 is 37.6 Å². The number of halogens is 2. The minimum Gasteiger partial charge on any atom is -0.292 e. The van der Waals surface area contributed by atoms with E-state index in [0.717, 1.165) is 12.8 Å². The fraction of sp³-hybridized carbons (Fsp3) is 0.444. The molecule has 1 nitrogen and oxygen atoms in total. The van der Waals surface area contributed by atoms with Crippen LogP contribution in [0.25, 0.3) is 0 Å². The van der Waals surface area contributed by atoms with Gasteiger partial charge in [-0.1, -0.05) is 34.2 Å². The van der Waals surface area contributed by atoms with Gasteiger partial charge in [0.05, 0.1) is 4.48 Å². The molecule has 0 fully saturated rings. The summed E-state index contributed by atoms with van der Waals surface area (Å²) in [4.78, 5) is 11.7. The van der Waals surface area contributed by atoms with Crippen LogP contribution in [-0.4, -0.2) is 10.1 Å². The Hall–Kier alpha value is 0.110. The van der Waals surface area contributed by atoms with E-state index in [4.69, 9.17) is 0 Å². The predicted molar refractivity (Wildman–Crippen MR) is 55.5 cm³/mol. The summed E-state index contributed by atoms with van der Waals surface area (Å²) in [6, 6.07) is 0. The maximum Gasteiger partial charge on any atom is 0.189 e. The van der Waals surface area contributed by atoms with Gasteiger partial charge in [0.1, 0.15) is 4.32 Å². The summed E-state index contributed by atoms with van der Waals surface area (Å²) < 4.78 is 0.293. The first-order chi connectivity index (χ1) is 5.62. The minimum atomic E-state index is -0.421. The van der Waals surface area contributed by atoms with Crippen molar-refractivity contribution in [2.75, 3.05) is 0 Å². The summed E-state index contributed by atoms with van der Waals surface area (Å²) >= 11 is 6.78. The molecule has 0 heterocycles. The lowest BCUT2D eigenvalue weighted by Crippen LogP contribution is -2.30. The highest BCUT2D eigenvalue weighted by Gasteiger charge is 2.39. The normalized spacial score (nSPS) is 39.7. The second-order valence-electron chi connectivity index (χ2n) is 3.27. The summed E-state index contributed by atoms with van der Waals surface area (Å²) in [7, 11) is 0. The number of allylic oxidation sites excluding steroid dienone is 4. The van der Waals surface area contributed by atoms with Crippen molar-refractivity contribution in [2.24, 2.45) is 5.92 Å². The molecule has 0 saturated carbocycles. The van der Waals surface area contributed by atoms with Crippen molar-refractivity contribution in [1.29, 1.82) is 0 Å². The van der Waals surface area contributed by atoms with E-state index in [1.807, 2.05) is 12.2 Å². The Morgan fingerprint density at radius 2 is 2.33 bits per heavy atom. The molecule has 2 atom stereocenters. The summed E-state index contributed by atoms with van der Waals surface area (Å²) in [5.41, 5.74) is 0. The van der Waals surface area contributed by atoms with Crippen LogP contribution in [0.4, 0.5) is 0 Å². The molecule has 0 saturated heterocycles. The molecule has 2 bridgehead atoms. The highest BCUT2D eigenvalue weighted by Crippen LogP contribution is 2.41. The molecule has 0 aromatic rings. The molecule has 3 heteroatoms. The number of Topliss-reactive ketones (excluding diaryl/α,β-unsaturated/α-hetero) is 1. The van der Waals surface area contributed by atoms with Crippen LogP contribution in [0, 0.1) is 5.92 Å². The van der Waals surface area contributed by atoms with E-state index in [0.29, 0.717) is 10.4 Å². The molecular formula is C9H8Br2O. The standard InChI is InChI=1S/C9H8Br2O/c10-7-5-6-1-3-9(11,4-2-6)8(7)12/h1,3,5-6H,2,4H2. The van der Waals surface area contributed by atoms with Crippen LogP contribution in [0.3, 0.4) is 0 Å². The Bertz CT molecular complexity index is 293. The van der Waals surface area contributed by atoms with Gasteiger partial charge in [-0.15, -0.1) is 0 Å². The van der Waals surface area contributed by atoms with Crippen LogP contribution >= 0.6 is 31.9 Å². The number of carbonyl (C=O) groups is 1. The zero-order valence-corrected chi connectivity index (χ0v) is 9.56. The Morgan fingerprint density at radius 1 is 1.58 bits per heavy atom. The molecule has 0 aromatic carbocycles. The average Bonchev–Trinajstić information content (AvgIpc) is 2.21. The fourth-order valence-corrected chi connectivity index (χ4v) is 3.18. The van der Waals surface area contributed by atoms with Gasteiger partial charge in [0, 0.05) is 0 Å². The van der Waals surface area contributed by atoms with Crippen LogP contribution in [0.2, 0.25) is 0 Å². The summed E-state index contributed by atoms with van der Waals surface area (Å²) in [5.74, 6) is 0.593. The van der Waals surface area contributed by atoms with Gasteiger partial charge in [0.25, 0.3) is 0 Å². The monoisotopic (exact) mass is 290 g/mol. The van der Waals surface area contributed by atoms with Crippen LogP contribution < -0.4 is 0 Å². The molecule has 2 unspecified atom stereocenters. The predicted octanol–water partition coefficient (Wildman–Crippen LogP) is 2.95. The molecule has 0 radical (unpaired) electrons. The topological polar surface area (TPSA) is 17.1 Å². The van der Waals surface area contributed by atoms with Gasteiger partial charge in [-0.05, 0) is 34.7 Å². The van der Waals surface area contributed by atoms with Crippen molar-refractivity contribution < 1.29 is 4.79 Å². The van der Waals surface area contributed by atoms with Crippen LogP contribution in [0.1, 0.15) is 12.8 Å². The van der Waals surface area contributed by atoms with Gasteiger partial charge in [0.15, 0.2) is 5.78 Å². The minimum absolute atomic E-state index is 0.152. The maximum atomic E-state index is 11.7. The van der Waals surface area contributed by atoms with Crippen molar-refractivity contribution in [1.82, 2.24) is 0 Å². The van der Waals surface area contributed by atoms with E-state index in [2.05, 4.69) is 37.9 Å². The number of hydrogen-bond donors (Lipinski definition) is 0. The smallest absolute Gasteiger partial charge is 0.189 e. The Balaban J connectivity index is 2.50. The second-order valence-corrected chi connectivity index (χ2v) is 5.54. The number of ketones is 1. The molecule has 3 aliphatic carbocycles. The summed E-state index contributed by atoms with van der Waals surface area (Å²) in [5, 5.41) is 0. The van der Waals surface area contributed by atoms with E-state index in [1.54, 1.807) is 0 Å². The van der Waals surface area contributed by atoms with Gasteiger partial charge in [-0.3, -0.25) is 4.79 Å². The second kappa shape index (κ2) is 2.81. The highest BCUT2D eigenvalue weighted by atomic mass is 79.9. The van der Waals surface area contributed by atoms with Crippen molar-refractivity contribution in [3.63, 3.8) is 0 Å². The summed E-state index contributed by atoms with van der Waals surface area (Å²) in [6.45, 7) is 0. The molecule has 0 amide bonds. The van der Waals surface area contributed by atoms with Gasteiger partial charge in [0.2, 0.25) is 0 Å². The lowest BCUT2D eigenvalue weighted by Gasteiger charge is -2.24. The number of alkyl halides is 1. The third-order valence-electron chi connectivity index (χ3n) is 2.40. The average molecular weight is 292 g/mol. The molecule has 0 spiro atoms. The van der Waals surface area contributed by atoms with Crippen molar-refractivity contribution in [3.8, 4) is 0 Å². The molecule has 12 heavy (non-hydrogen) atoms. The number of rotatable bonds is 0. The van der Waals surface area contributed by atoms with Crippen LogP contribution in [0.15, 0.2) is 22.7 Å². The molecule has 0 N–H and O–H groups in total. The first-order valence-corrected chi connectivity index (χ1v) is 5.51. The Kier molecular flexibility index (Phi) is 2.04. The third kappa shape index (κ3) is 1.23. The van der Waals surface area contributed by atoms with Gasteiger partial charge in [-0.2, -0.15) is 0 Å². The van der Waals surface area contributed by atoms with Crippen LogP contribution in [-0.2, 0) is 4.79 Å². The zero-order chi connectivity index (χ0) is 8.77. The number of hydrogen-bond acceptors (Lipinski definition) is 1. The lowest BCUT2D eigenvalue weighted by molar-refractivity contribution is -0.115. The molecule has 3 aliphatic rings. The van der Waals surface area contributed by atoms with Gasteiger partial charge < -0.3 is 0 Å². The maximum absolute atomic E-state index is 11.7. The van der Waals surface area contributed by atoms with Crippen molar-refractivity contribution in [2.45, 2.75) is 17.2 Å². The summed E-state index contributed by atoms with van der Waals surface area (Å²) in [6.07, 6.45) is 8.04. The SMILES string of the molecule is O=C1C(Br)=CC2C=CC1(Br)CC2. The van der Waals surface area contributed by atoms with Crippen LogP contribution in [0.5, 0.6) is 0 Å². The largest absolute Gasteiger partial charge is 0.292 e. The van der Waals surface area contributed by atoms with E-state index in [1.165, 1.54) is 0 Å². The van der Waals surface area contributed by atoms with E-state index in [-0.39, 0.29) is 5.78 Å². The first kappa shape index (κ1) is 8.70. The highest BCUT2D eigenvalue weighted by molar-refractivity contribution is 9.12. The van der Waals surface area contributed by atoms with Gasteiger partial charge in [-0.25, -0.2) is 0 Å². The lowest BCUT2D eigenvalue weighted by atomic mass is 9.90. The quantitative estimate of drug-likeness (QED) is 0.495. The molecule has 3 rings (SSSR count). The number of fused-ring (bicyclic) bond motifs is 2. The molecule has 64 valence electrons. The Morgan fingerprint density at radius 3 is 2.92 bits per heavy atom. The first-order valence-electron chi connectivity index (χ1n) is 3.92. The third-order valence-corrected chi connectivity index (χ3v) is 4.05. The van der Waals surface area contributed by atoms with E-state index < -0.39 is 4.32 Å². The molecule has 0 aromatic heterocycles. The molecular weight excluding hydrogens is 284 g/mol. The molecule has 0 aliphatic heterocycles. The van der Waals surface area contributed by atoms with E-state index in [9.17, 15) is 4.79 Å². The van der Waals surface area contributed by atoms with Crippen molar-refractivity contribution in [3.05, 3.63) is 22.7 Å². The van der Waals surface area contributed by atoms with Gasteiger partial charge >= 0.3 is 0 Å². The zero-order valence-electron chi connectivity index (χ0n) is 6.39. The fourth-order valence-electron chi connectivity index (χ4n) is 1.62.